The van der Waals surface area contributed by atoms with Crippen LogP contribution in [0.2, 0.25) is 0 Å². The van der Waals surface area contributed by atoms with Crippen LogP contribution in [0.3, 0.4) is 0 Å². The first kappa shape index (κ1) is 18.9. The van der Waals surface area contributed by atoms with Gasteiger partial charge in [-0.2, -0.15) is 0 Å². The number of unbranched alkanes of at least 4 members (excludes halogenated alkanes) is 10. The highest BCUT2D eigenvalue weighted by Crippen LogP contribution is 2.08. The summed E-state index contributed by atoms with van der Waals surface area (Å²) in [5.41, 5.74) is 0. The SMILES string of the molecule is CCCCCCCC/C=C/CCCCC/C=C/C(=O)O. The van der Waals surface area contributed by atoms with Crippen LogP contribution in [-0.4, -0.2) is 11.1 Å². The summed E-state index contributed by atoms with van der Waals surface area (Å²) in [5, 5.41) is 8.42. The van der Waals surface area contributed by atoms with E-state index < -0.39 is 5.97 Å². The molecule has 0 unspecified atom stereocenters. The zero-order valence-corrected chi connectivity index (χ0v) is 13.2. The van der Waals surface area contributed by atoms with Gasteiger partial charge in [-0.25, -0.2) is 4.79 Å². The van der Waals surface area contributed by atoms with E-state index in [1.165, 1.54) is 70.3 Å². The van der Waals surface area contributed by atoms with Gasteiger partial charge in [0, 0.05) is 6.08 Å². The van der Waals surface area contributed by atoms with E-state index in [1.807, 2.05) is 0 Å². The Balaban J connectivity index is 3.14. The Morgan fingerprint density at radius 2 is 1.20 bits per heavy atom. The smallest absolute Gasteiger partial charge is 0.327 e. The maximum absolute atomic E-state index is 10.2. The van der Waals surface area contributed by atoms with E-state index >= 15 is 0 Å². The molecule has 0 aliphatic rings. The van der Waals surface area contributed by atoms with Crippen LogP contribution in [0.5, 0.6) is 0 Å². The minimum absolute atomic E-state index is 0.845. The van der Waals surface area contributed by atoms with Gasteiger partial charge in [-0.3, -0.25) is 0 Å². The van der Waals surface area contributed by atoms with Gasteiger partial charge in [0.05, 0.1) is 0 Å². The second-order valence-electron chi connectivity index (χ2n) is 5.41. The first-order chi connectivity index (χ1) is 9.77. The third-order valence-electron chi connectivity index (χ3n) is 3.39. The average Bonchev–Trinajstić information content (AvgIpc) is 2.43. The second kappa shape index (κ2) is 16.0. The molecular formula is C18H32O2. The van der Waals surface area contributed by atoms with E-state index in [0.29, 0.717) is 0 Å². The van der Waals surface area contributed by atoms with Gasteiger partial charge < -0.3 is 5.11 Å². The second-order valence-corrected chi connectivity index (χ2v) is 5.41. The monoisotopic (exact) mass is 280 g/mol. The summed E-state index contributed by atoms with van der Waals surface area (Å²) < 4.78 is 0. The van der Waals surface area contributed by atoms with Gasteiger partial charge in [-0.1, -0.05) is 63.7 Å². The summed E-state index contributed by atoms with van der Waals surface area (Å²) in [6.07, 6.45) is 22.6. The van der Waals surface area contributed by atoms with E-state index in [9.17, 15) is 4.79 Å². The van der Waals surface area contributed by atoms with Gasteiger partial charge in [-0.15, -0.1) is 0 Å². The van der Waals surface area contributed by atoms with Gasteiger partial charge in [0.2, 0.25) is 0 Å². The Bertz CT molecular complexity index is 267. The highest BCUT2D eigenvalue weighted by molar-refractivity contribution is 5.79. The average molecular weight is 280 g/mol. The first-order valence-electron chi connectivity index (χ1n) is 8.31. The number of allylic oxidation sites excluding steroid dienone is 3. The predicted octanol–water partition coefficient (Wildman–Crippen LogP) is 5.88. The number of hydrogen-bond acceptors (Lipinski definition) is 1. The van der Waals surface area contributed by atoms with Crippen molar-refractivity contribution in [1.82, 2.24) is 0 Å². The fraction of sp³-hybridized carbons (Fsp3) is 0.722. The van der Waals surface area contributed by atoms with Crippen molar-refractivity contribution in [3.8, 4) is 0 Å². The van der Waals surface area contributed by atoms with Crippen LogP contribution in [0.1, 0.15) is 84.0 Å². The first-order valence-corrected chi connectivity index (χ1v) is 8.31. The van der Waals surface area contributed by atoms with Gasteiger partial charge in [0.25, 0.3) is 0 Å². The molecule has 0 rings (SSSR count). The van der Waals surface area contributed by atoms with E-state index in [0.717, 1.165) is 12.8 Å². The lowest BCUT2D eigenvalue weighted by Gasteiger charge is -1.98. The highest BCUT2D eigenvalue weighted by Gasteiger charge is 1.89. The van der Waals surface area contributed by atoms with Crippen LogP contribution in [0, 0.1) is 0 Å². The molecular weight excluding hydrogens is 248 g/mol. The molecule has 116 valence electrons. The van der Waals surface area contributed by atoms with Gasteiger partial charge in [0.15, 0.2) is 0 Å². The van der Waals surface area contributed by atoms with E-state index in [-0.39, 0.29) is 0 Å². The number of carboxylic acid groups (broad SMARTS) is 1. The molecule has 0 atom stereocenters. The minimum atomic E-state index is -0.845. The summed E-state index contributed by atoms with van der Waals surface area (Å²) in [4.78, 5) is 10.2. The lowest BCUT2D eigenvalue weighted by molar-refractivity contribution is -0.131. The van der Waals surface area contributed by atoms with Gasteiger partial charge >= 0.3 is 5.97 Å². The normalized spacial score (nSPS) is 11.7. The van der Waals surface area contributed by atoms with Crippen LogP contribution >= 0.6 is 0 Å². The molecule has 0 amide bonds. The number of aliphatic carboxylic acids is 1. The standard InChI is InChI=1S/C18H32O2/c1-2-3-4-5-6-7-8-9-10-11-12-13-14-15-16-17-18(19)20/h9-10,16-17H,2-8,11-15H2,1H3,(H,19,20)/b10-9+,17-16+. The fourth-order valence-corrected chi connectivity index (χ4v) is 2.16. The number of carbonyl (C=O) groups is 1. The molecule has 0 saturated carbocycles. The summed E-state index contributed by atoms with van der Waals surface area (Å²) >= 11 is 0. The molecule has 0 aromatic carbocycles. The molecule has 0 aromatic heterocycles. The Morgan fingerprint density at radius 3 is 1.75 bits per heavy atom. The maximum atomic E-state index is 10.2. The molecule has 0 fully saturated rings. The quantitative estimate of drug-likeness (QED) is 0.245. The van der Waals surface area contributed by atoms with Gasteiger partial charge in [0.1, 0.15) is 0 Å². The molecule has 2 nitrogen and oxygen atoms in total. The third-order valence-corrected chi connectivity index (χ3v) is 3.39. The third kappa shape index (κ3) is 16.9. The minimum Gasteiger partial charge on any atom is -0.478 e. The summed E-state index contributed by atoms with van der Waals surface area (Å²) in [6.45, 7) is 2.26. The van der Waals surface area contributed by atoms with Crippen molar-refractivity contribution in [2.24, 2.45) is 0 Å². The molecule has 0 heterocycles. The van der Waals surface area contributed by atoms with Crippen molar-refractivity contribution >= 4 is 5.97 Å². The molecule has 0 saturated heterocycles. The summed E-state index contributed by atoms with van der Waals surface area (Å²) in [6, 6.07) is 0. The van der Waals surface area contributed by atoms with E-state index in [1.54, 1.807) is 6.08 Å². The maximum Gasteiger partial charge on any atom is 0.327 e. The topological polar surface area (TPSA) is 37.3 Å². The molecule has 0 aliphatic heterocycles. The number of carboxylic acids is 1. The lowest BCUT2D eigenvalue weighted by atomic mass is 10.1. The Hall–Kier alpha value is -1.05. The fourth-order valence-electron chi connectivity index (χ4n) is 2.16. The molecule has 0 spiro atoms. The molecule has 0 radical (unpaired) electrons. The van der Waals surface area contributed by atoms with Crippen LogP contribution in [0.4, 0.5) is 0 Å². The highest BCUT2D eigenvalue weighted by atomic mass is 16.4. The molecule has 20 heavy (non-hydrogen) atoms. The summed E-state index contributed by atoms with van der Waals surface area (Å²) in [7, 11) is 0. The summed E-state index contributed by atoms with van der Waals surface area (Å²) in [5.74, 6) is -0.845. The zero-order chi connectivity index (χ0) is 14.9. The molecule has 0 bridgehead atoms. The predicted molar refractivity (Wildman–Crippen MR) is 87.0 cm³/mol. The van der Waals surface area contributed by atoms with Crippen molar-refractivity contribution in [2.75, 3.05) is 0 Å². The van der Waals surface area contributed by atoms with Crippen LogP contribution in [0.15, 0.2) is 24.3 Å². The van der Waals surface area contributed by atoms with Crippen molar-refractivity contribution in [3.05, 3.63) is 24.3 Å². The van der Waals surface area contributed by atoms with E-state index in [4.69, 9.17) is 5.11 Å². The van der Waals surface area contributed by atoms with Crippen molar-refractivity contribution in [2.45, 2.75) is 84.0 Å². The van der Waals surface area contributed by atoms with E-state index in [2.05, 4.69) is 19.1 Å². The van der Waals surface area contributed by atoms with Gasteiger partial charge in [-0.05, 0) is 38.5 Å². The molecule has 0 aliphatic carbocycles. The van der Waals surface area contributed by atoms with Crippen LogP contribution in [0.25, 0.3) is 0 Å². The van der Waals surface area contributed by atoms with Crippen LogP contribution < -0.4 is 0 Å². The molecule has 0 aromatic rings. The number of rotatable bonds is 14. The van der Waals surface area contributed by atoms with Crippen LogP contribution in [-0.2, 0) is 4.79 Å². The molecule has 1 N–H and O–H groups in total. The molecule has 2 heteroatoms. The number of hydrogen-bond donors (Lipinski definition) is 1. The Morgan fingerprint density at radius 1 is 0.750 bits per heavy atom. The Kier molecular flexibility index (Phi) is 15.2. The zero-order valence-electron chi connectivity index (χ0n) is 13.2. The lowest BCUT2D eigenvalue weighted by Crippen LogP contribution is -1.85. The van der Waals surface area contributed by atoms with Crippen molar-refractivity contribution < 1.29 is 9.90 Å². The van der Waals surface area contributed by atoms with Crippen molar-refractivity contribution in [1.29, 1.82) is 0 Å². The van der Waals surface area contributed by atoms with Crippen molar-refractivity contribution in [3.63, 3.8) is 0 Å². The largest absolute Gasteiger partial charge is 0.478 e. The Labute approximate surface area is 125 Å².